The van der Waals surface area contributed by atoms with Crippen LogP contribution < -0.4 is 0 Å². The van der Waals surface area contributed by atoms with Crippen LogP contribution >= 0.6 is 0 Å². The molecule has 2 nitrogen and oxygen atoms in total. The lowest BCUT2D eigenvalue weighted by Gasteiger charge is -2.39. The number of rotatable bonds is 3. The molecule has 0 amide bonds. The lowest BCUT2D eigenvalue weighted by atomic mass is 9.82. The van der Waals surface area contributed by atoms with Crippen molar-refractivity contribution in [2.75, 3.05) is 19.7 Å². The van der Waals surface area contributed by atoms with Gasteiger partial charge in [0.1, 0.15) is 0 Å². The van der Waals surface area contributed by atoms with E-state index in [4.69, 9.17) is 0 Å². The summed E-state index contributed by atoms with van der Waals surface area (Å²) in [6.45, 7) is 7.79. The van der Waals surface area contributed by atoms with Crippen LogP contribution in [0.1, 0.15) is 30.9 Å². The van der Waals surface area contributed by atoms with Crippen molar-refractivity contribution < 1.29 is 5.11 Å². The van der Waals surface area contributed by atoms with Crippen LogP contribution in [-0.4, -0.2) is 29.7 Å². The van der Waals surface area contributed by atoms with Crippen molar-refractivity contribution in [1.29, 1.82) is 0 Å². The van der Waals surface area contributed by atoms with Crippen LogP contribution in [0, 0.1) is 12.3 Å². The highest BCUT2D eigenvalue weighted by Gasteiger charge is 2.30. The minimum absolute atomic E-state index is 0.100. The van der Waals surface area contributed by atoms with Gasteiger partial charge in [0.05, 0.1) is 0 Å². The van der Waals surface area contributed by atoms with E-state index < -0.39 is 0 Å². The third-order valence-electron chi connectivity index (χ3n) is 3.77. The largest absolute Gasteiger partial charge is 0.396 e. The summed E-state index contributed by atoms with van der Waals surface area (Å²) < 4.78 is 0. The summed E-state index contributed by atoms with van der Waals surface area (Å²) >= 11 is 0. The number of hydrogen-bond donors (Lipinski definition) is 1. The highest BCUT2D eigenvalue weighted by Crippen LogP contribution is 2.29. The monoisotopic (exact) mass is 233 g/mol. The molecule has 0 aromatic heterocycles. The molecule has 1 aliphatic heterocycles. The minimum Gasteiger partial charge on any atom is -0.396 e. The van der Waals surface area contributed by atoms with E-state index in [1.165, 1.54) is 17.5 Å². The normalized spacial score (nSPS) is 26.1. The van der Waals surface area contributed by atoms with Crippen molar-refractivity contribution >= 4 is 0 Å². The van der Waals surface area contributed by atoms with E-state index >= 15 is 0 Å². The van der Waals surface area contributed by atoms with Gasteiger partial charge in [0.2, 0.25) is 0 Å². The van der Waals surface area contributed by atoms with Crippen molar-refractivity contribution in [1.82, 2.24) is 4.90 Å². The number of benzene rings is 1. The molecular formula is C15H23NO. The van der Waals surface area contributed by atoms with Crippen LogP contribution in [0.5, 0.6) is 0 Å². The number of hydrogen-bond acceptors (Lipinski definition) is 2. The first-order chi connectivity index (χ1) is 8.11. The molecule has 1 aromatic carbocycles. The first-order valence-electron chi connectivity index (χ1n) is 6.50. The molecule has 1 unspecified atom stereocenters. The van der Waals surface area contributed by atoms with E-state index in [9.17, 15) is 5.11 Å². The van der Waals surface area contributed by atoms with Gasteiger partial charge in [-0.1, -0.05) is 36.8 Å². The summed E-state index contributed by atoms with van der Waals surface area (Å²) in [6, 6.07) is 8.76. The molecule has 2 rings (SSSR count). The summed E-state index contributed by atoms with van der Waals surface area (Å²) in [5.41, 5.74) is 2.79. The fraction of sp³-hybridized carbons (Fsp3) is 0.600. The van der Waals surface area contributed by atoms with Crippen LogP contribution in [0.2, 0.25) is 0 Å². The second kappa shape index (κ2) is 5.19. The fourth-order valence-electron chi connectivity index (χ4n) is 2.64. The first-order valence-corrected chi connectivity index (χ1v) is 6.50. The predicted molar refractivity (Wildman–Crippen MR) is 70.9 cm³/mol. The number of piperidine rings is 1. The van der Waals surface area contributed by atoms with E-state index in [0.717, 1.165) is 26.1 Å². The molecule has 0 radical (unpaired) electrons. The van der Waals surface area contributed by atoms with Gasteiger partial charge in [0.15, 0.2) is 0 Å². The molecule has 0 spiro atoms. The maximum atomic E-state index is 9.44. The van der Waals surface area contributed by atoms with E-state index in [2.05, 4.69) is 43.0 Å². The quantitative estimate of drug-likeness (QED) is 0.867. The van der Waals surface area contributed by atoms with Gasteiger partial charge in [-0.25, -0.2) is 0 Å². The second-order valence-electron chi connectivity index (χ2n) is 5.77. The predicted octanol–water partition coefficient (Wildman–Crippen LogP) is 2.59. The molecule has 1 aliphatic rings. The van der Waals surface area contributed by atoms with Gasteiger partial charge >= 0.3 is 0 Å². The van der Waals surface area contributed by atoms with Gasteiger partial charge < -0.3 is 5.11 Å². The summed E-state index contributed by atoms with van der Waals surface area (Å²) in [6.07, 6.45) is 2.34. The second-order valence-corrected chi connectivity index (χ2v) is 5.77. The molecule has 0 aliphatic carbocycles. The zero-order valence-electron chi connectivity index (χ0n) is 10.9. The molecule has 1 atom stereocenters. The van der Waals surface area contributed by atoms with E-state index in [-0.39, 0.29) is 5.41 Å². The Kier molecular flexibility index (Phi) is 3.85. The lowest BCUT2D eigenvalue weighted by molar-refractivity contribution is 0.0429. The molecular weight excluding hydrogens is 210 g/mol. The van der Waals surface area contributed by atoms with E-state index in [1.807, 2.05) is 0 Å². The third-order valence-corrected chi connectivity index (χ3v) is 3.77. The Balaban J connectivity index is 1.97. The van der Waals surface area contributed by atoms with E-state index in [1.54, 1.807) is 0 Å². The molecule has 0 bridgehead atoms. The average molecular weight is 233 g/mol. The molecule has 2 heteroatoms. The van der Waals surface area contributed by atoms with Gasteiger partial charge in [-0.2, -0.15) is 0 Å². The Labute approximate surface area is 104 Å². The van der Waals surface area contributed by atoms with Gasteiger partial charge in [-0.15, -0.1) is 0 Å². The smallest absolute Gasteiger partial charge is 0.0497 e. The maximum Gasteiger partial charge on any atom is 0.0497 e. The highest BCUT2D eigenvalue weighted by atomic mass is 16.3. The number of aryl methyl sites for hydroxylation is 1. The first kappa shape index (κ1) is 12.6. The van der Waals surface area contributed by atoms with Gasteiger partial charge in [0.25, 0.3) is 0 Å². The van der Waals surface area contributed by atoms with Crippen molar-refractivity contribution in [3.63, 3.8) is 0 Å². The summed E-state index contributed by atoms with van der Waals surface area (Å²) in [5, 5.41) is 9.44. The van der Waals surface area contributed by atoms with Gasteiger partial charge in [0, 0.05) is 25.1 Å². The number of aliphatic hydroxyl groups excluding tert-OH is 1. The highest BCUT2D eigenvalue weighted by molar-refractivity contribution is 5.21. The van der Waals surface area contributed by atoms with Crippen molar-refractivity contribution in [2.24, 2.45) is 5.41 Å². The van der Waals surface area contributed by atoms with Gasteiger partial charge in [-0.3, -0.25) is 4.90 Å². The van der Waals surface area contributed by atoms with Crippen molar-refractivity contribution in [3.05, 3.63) is 35.4 Å². The fourth-order valence-corrected chi connectivity index (χ4v) is 2.64. The van der Waals surface area contributed by atoms with Crippen LogP contribution in [-0.2, 0) is 6.54 Å². The molecule has 1 fully saturated rings. The maximum absolute atomic E-state index is 9.44. The van der Waals surface area contributed by atoms with E-state index in [0.29, 0.717) is 6.61 Å². The van der Waals surface area contributed by atoms with Crippen molar-refractivity contribution in [2.45, 2.75) is 33.2 Å². The molecule has 1 N–H and O–H groups in total. The van der Waals surface area contributed by atoms with Gasteiger partial charge in [-0.05, 0) is 31.9 Å². The Bertz CT molecular complexity index is 360. The van der Waals surface area contributed by atoms with Crippen LogP contribution in [0.4, 0.5) is 0 Å². The number of aliphatic hydroxyl groups is 1. The summed E-state index contributed by atoms with van der Waals surface area (Å²) in [7, 11) is 0. The number of nitrogens with zero attached hydrogens (tertiary/aromatic N) is 1. The molecule has 1 aromatic rings. The molecule has 94 valence electrons. The zero-order valence-corrected chi connectivity index (χ0v) is 10.9. The Morgan fingerprint density at radius 1 is 1.29 bits per heavy atom. The summed E-state index contributed by atoms with van der Waals surface area (Å²) in [4.78, 5) is 2.46. The topological polar surface area (TPSA) is 23.5 Å². The zero-order chi connectivity index (χ0) is 12.3. The minimum atomic E-state index is 0.100. The van der Waals surface area contributed by atoms with Crippen molar-refractivity contribution in [3.8, 4) is 0 Å². The molecule has 17 heavy (non-hydrogen) atoms. The Morgan fingerprint density at radius 2 is 2.00 bits per heavy atom. The molecule has 1 saturated heterocycles. The standard InChI is InChI=1S/C15H23NO/c1-13-4-6-14(7-5-13)10-16-9-3-8-15(2,11-16)12-17/h4-7,17H,3,8-12H2,1-2H3. The SMILES string of the molecule is Cc1ccc(CN2CCCC(C)(CO)C2)cc1. The third kappa shape index (κ3) is 3.30. The molecule has 1 heterocycles. The summed E-state index contributed by atoms with van der Waals surface area (Å²) in [5.74, 6) is 0. The van der Waals surface area contributed by atoms with Crippen LogP contribution in [0.15, 0.2) is 24.3 Å². The average Bonchev–Trinajstić information content (AvgIpc) is 2.32. The Morgan fingerprint density at radius 3 is 2.65 bits per heavy atom. The molecule has 0 saturated carbocycles. The van der Waals surface area contributed by atoms with Crippen LogP contribution in [0.3, 0.4) is 0 Å². The lowest BCUT2D eigenvalue weighted by Crippen LogP contribution is -2.43. The number of likely N-dealkylation sites (tertiary alicyclic amines) is 1. The van der Waals surface area contributed by atoms with Crippen LogP contribution in [0.25, 0.3) is 0 Å². The Hall–Kier alpha value is -0.860.